The molecule has 1 rings (SSSR count). The van der Waals surface area contributed by atoms with E-state index in [1.54, 1.807) is 12.1 Å². The van der Waals surface area contributed by atoms with Crippen LogP contribution in [0.1, 0.15) is 75.5 Å². The molecule has 0 spiro atoms. The summed E-state index contributed by atoms with van der Waals surface area (Å²) in [5.41, 5.74) is 1.57. The topological polar surface area (TPSA) is 44.0 Å². The van der Waals surface area contributed by atoms with Crippen LogP contribution in [-0.4, -0.2) is 5.11 Å². The van der Waals surface area contributed by atoms with E-state index >= 15 is 0 Å². The maximum absolute atomic E-state index is 10.0. The van der Waals surface area contributed by atoms with E-state index in [9.17, 15) is 5.11 Å². The smallest absolute Gasteiger partial charge is 0.0991 e. The van der Waals surface area contributed by atoms with E-state index in [1.807, 2.05) is 12.1 Å². The summed E-state index contributed by atoms with van der Waals surface area (Å²) in [7, 11) is 0. The summed E-state index contributed by atoms with van der Waals surface area (Å²) in [5, 5.41) is 18.8. The van der Waals surface area contributed by atoms with Crippen LogP contribution >= 0.6 is 0 Å². The van der Waals surface area contributed by atoms with Crippen molar-refractivity contribution in [1.29, 1.82) is 5.26 Å². The van der Waals surface area contributed by atoms with Crippen molar-refractivity contribution in [3.63, 3.8) is 0 Å². The molecule has 1 unspecified atom stereocenters. The van der Waals surface area contributed by atoms with E-state index in [-0.39, 0.29) is 6.10 Å². The molecule has 0 heterocycles. The van der Waals surface area contributed by atoms with E-state index < -0.39 is 0 Å². The van der Waals surface area contributed by atoms with Gasteiger partial charge in [0.15, 0.2) is 0 Å². The Bertz CT molecular complexity index is 377. The summed E-state index contributed by atoms with van der Waals surface area (Å²) in [4.78, 5) is 0. The highest BCUT2D eigenvalue weighted by atomic mass is 16.3. The molecule has 1 atom stereocenters. The number of benzene rings is 1. The number of aliphatic hydroxyl groups is 1. The van der Waals surface area contributed by atoms with Crippen LogP contribution in [0.2, 0.25) is 0 Å². The maximum atomic E-state index is 10.0. The van der Waals surface area contributed by atoms with Gasteiger partial charge in [-0.15, -0.1) is 0 Å². The molecule has 0 bridgehead atoms. The van der Waals surface area contributed by atoms with Gasteiger partial charge < -0.3 is 5.11 Å². The summed E-state index contributed by atoms with van der Waals surface area (Å²) in [6, 6.07) is 9.33. The van der Waals surface area contributed by atoms with Crippen molar-refractivity contribution < 1.29 is 5.11 Å². The Hall–Kier alpha value is -1.33. The van der Waals surface area contributed by atoms with Crippen molar-refractivity contribution in [1.82, 2.24) is 0 Å². The van der Waals surface area contributed by atoms with Crippen LogP contribution in [-0.2, 0) is 0 Å². The van der Waals surface area contributed by atoms with Crippen LogP contribution in [0.15, 0.2) is 24.3 Å². The fraction of sp³-hybridized carbons (Fsp3) is 0.588. The van der Waals surface area contributed by atoms with Gasteiger partial charge in [-0.05, 0) is 24.1 Å². The lowest BCUT2D eigenvalue weighted by Crippen LogP contribution is -1.97. The highest BCUT2D eigenvalue weighted by Crippen LogP contribution is 2.20. The highest BCUT2D eigenvalue weighted by molar-refractivity contribution is 5.32. The van der Waals surface area contributed by atoms with Crippen LogP contribution in [0.3, 0.4) is 0 Å². The molecule has 1 aromatic carbocycles. The lowest BCUT2D eigenvalue weighted by atomic mass is 10.0. The number of nitriles is 1. The molecule has 19 heavy (non-hydrogen) atoms. The van der Waals surface area contributed by atoms with Crippen LogP contribution in [0.5, 0.6) is 0 Å². The zero-order chi connectivity index (χ0) is 13.9. The second-order valence-corrected chi connectivity index (χ2v) is 5.16. The van der Waals surface area contributed by atoms with Gasteiger partial charge in [0.25, 0.3) is 0 Å². The average molecular weight is 259 g/mol. The molecule has 1 N–H and O–H groups in total. The number of aliphatic hydroxyl groups excluding tert-OH is 1. The van der Waals surface area contributed by atoms with Crippen molar-refractivity contribution in [3.8, 4) is 6.07 Å². The molecule has 2 heteroatoms. The summed E-state index contributed by atoms with van der Waals surface area (Å²) >= 11 is 0. The monoisotopic (exact) mass is 259 g/mol. The van der Waals surface area contributed by atoms with Gasteiger partial charge >= 0.3 is 0 Å². The largest absolute Gasteiger partial charge is 0.388 e. The van der Waals surface area contributed by atoms with Gasteiger partial charge in [0, 0.05) is 0 Å². The van der Waals surface area contributed by atoms with Crippen molar-refractivity contribution in [2.24, 2.45) is 0 Å². The van der Waals surface area contributed by atoms with E-state index in [4.69, 9.17) is 5.26 Å². The average Bonchev–Trinajstić information content (AvgIpc) is 2.46. The first-order valence-electron chi connectivity index (χ1n) is 7.46. The van der Waals surface area contributed by atoms with E-state index in [0.717, 1.165) is 18.4 Å². The number of hydrogen-bond acceptors (Lipinski definition) is 2. The summed E-state index contributed by atoms with van der Waals surface area (Å²) in [6.45, 7) is 2.23. The Kier molecular flexibility index (Phi) is 7.93. The molecule has 0 aliphatic heterocycles. The molecule has 0 saturated heterocycles. The number of unbranched alkanes of at least 4 members (excludes halogenated alkanes) is 6. The Balaban J connectivity index is 2.16. The van der Waals surface area contributed by atoms with E-state index in [0.29, 0.717) is 5.56 Å². The normalized spacial score (nSPS) is 12.1. The van der Waals surface area contributed by atoms with E-state index in [2.05, 4.69) is 13.0 Å². The van der Waals surface area contributed by atoms with Crippen LogP contribution in [0, 0.1) is 11.3 Å². The minimum absolute atomic E-state index is 0.386. The van der Waals surface area contributed by atoms with Crippen molar-refractivity contribution in [3.05, 3.63) is 35.4 Å². The predicted molar refractivity (Wildman–Crippen MR) is 78.7 cm³/mol. The first-order chi connectivity index (χ1) is 9.27. The maximum Gasteiger partial charge on any atom is 0.0991 e. The first kappa shape index (κ1) is 15.7. The third-order valence-electron chi connectivity index (χ3n) is 3.51. The molecule has 104 valence electrons. The first-order valence-corrected chi connectivity index (χ1v) is 7.46. The fourth-order valence-corrected chi connectivity index (χ4v) is 2.24. The van der Waals surface area contributed by atoms with E-state index in [1.165, 1.54) is 38.5 Å². The molecule has 1 aromatic rings. The molecule has 0 aliphatic rings. The minimum atomic E-state index is -0.386. The molecular weight excluding hydrogens is 234 g/mol. The second kappa shape index (κ2) is 9.58. The predicted octanol–water partition coefficient (Wildman–Crippen LogP) is 4.73. The Morgan fingerprint density at radius 3 is 2.16 bits per heavy atom. The third kappa shape index (κ3) is 6.40. The van der Waals surface area contributed by atoms with Gasteiger partial charge in [-0.2, -0.15) is 5.26 Å². The second-order valence-electron chi connectivity index (χ2n) is 5.16. The standard InChI is InChI=1S/C17H25NO/c1-2-3-4-5-6-7-8-9-17(19)16-12-10-15(14-18)11-13-16/h10-13,17,19H,2-9H2,1H3. The number of rotatable bonds is 9. The van der Waals surface area contributed by atoms with Gasteiger partial charge in [0.05, 0.1) is 17.7 Å². The number of nitrogens with zero attached hydrogens (tertiary/aromatic N) is 1. The number of hydrogen-bond donors (Lipinski definition) is 1. The van der Waals surface area contributed by atoms with Crippen LogP contribution < -0.4 is 0 Å². The van der Waals surface area contributed by atoms with Crippen molar-refractivity contribution in [2.75, 3.05) is 0 Å². The molecule has 0 fully saturated rings. The lowest BCUT2D eigenvalue weighted by molar-refractivity contribution is 0.163. The molecule has 0 aliphatic carbocycles. The van der Waals surface area contributed by atoms with Crippen LogP contribution in [0.4, 0.5) is 0 Å². The van der Waals surface area contributed by atoms with Gasteiger partial charge in [-0.3, -0.25) is 0 Å². The molecule has 0 radical (unpaired) electrons. The van der Waals surface area contributed by atoms with Crippen molar-refractivity contribution >= 4 is 0 Å². The van der Waals surface area contributed by atoms with Crippen LogP contribution in [0.25, 0.3) is 0 Å². The molecule has 0 aromatic heterocycles. The molecule has 2 nitrogen and oxygen atoms in total. The van der Waals surface area contributed by atoms with Crippen molar-refractivity contribution in [2.45, 2.75) is 64.4 Å². The lowest BCUT2D eigenvalue weighted by Gasteiger charge is -2.10. The molecule has 0 saturated carbocycles. The summed E-state index contributed by atoms with van der Waals surface area (Å²) < 4.78 is 0. The fourth-order valence-electron chi connectivity index (χ4n) is 2.24. The Morgan fingerprint density at radius 1 is 1.00 bits per heavy atom. The zero-order valence-corrected chi connectivity index (χ0v) is 11.9. The Labute approximate surface area is 117 Å². The third-order valence-corrected chi connectivity index (χ3v) is 3.51. The minimum Gasteiger partial charge on any atom is -0.388 e. The Morgan fingerprint density at radius 2 is 1.58 bits per heavy atom. The van der Waals surface area contributed by atoms with Gasteiger partial charge in [0.1, 0.15) is 0 Å². The zero-order valence-electron chi connectivity index (χ0n) is 11.9. The quantitative estimate of drug-likeness (QED) is 0.651. The summed E-state index contributed by atoms with van der Waals surface area (Å²) in [5.74, 6) is 0. The van der Waals surface area contributed by atoms with Gasteiger partial charge in [-0.25, -0.2) is 0 Å². The van der Waals surface area contributed by atoms with Gasteiger partial charge in [-0.1, -0.05) is 64.0 Å². The van der Waals surface area contributed by atoms with Gasteiger partial charge in [0.2, 0.25) is 0 Å². The molecule has 0 amide bonds. The highest BCUT2D eigenvalue weighted by Gasteiger charge is 2.06. The molecular formula is C17H25NO. The summed E-state index contributed by atoms with van der Waals surface area (Å²) in [6.07, 6.45) is 9.29. The SMILES string of the molecule is CCCCCCCCCC(O)c1ccc(C#N)cc1.